The van der Waals surface area contributed by atoms with E-state index in [-0.39, 0.29) is 18.1 Å². The second-order valence-electron chi connectivity index (χ2n) is 6.32. The minimum Gasteiger partial charge on any atom is -0.391 e. The Morgan fingerprint density at radius 1 is 1.25 bits per heavy atom. The van der Waals surface area contributed by atoms with Crippen molar-refractivity contribution in [1.29, 1.82) is 0 Å². The molecule has 2 atom stereocenters. The van der Waals surface area contributed by atoms with Gasteiger partial charge >= 0.3 is 0 Å². The lowest BCUT2D eigenvalue weighted by Gasteiger charge is -2.28. The molecule has 1 aromatic rings. The molecule has 2 fully saturated rings. The Morgan fingerprint density at radius 3 is 2.60 bits per heavy atom. The molecule has 0 aliphatic heterocycles. The second kappa shape index (κ2) is 5.24. The lowest BCUT2D eigenvalue weighted by molar-refractivity contribution is 0.0717. The first-order valence-corrected chi connectivity index (χ1v) is 7.75. The molecule has 1 heterocycles. The Balaban J connectivity index is 1.75. The molecule has 0 spiro atoms. The average molecular weight is 276 g/mol. The van der Waals surface area contributed by atoms with Gasteiger partial charge in [-0.05, 0) is 45.6 Å². The molecule has 1 aromatic heterocycles. The van der Waals surface area contributed by atoms with E-state index in [4.69, 9.17) is 0 Å². The van der Waals surface area contributed by atoms with Crippen LogP contribution in [0.2, 0.25) is 0 Å². The van der Waals surface area contributed by atoms with Crippen LogP contribution in [-0.4, -0.2) is 27.7 Å². The van der Waals surface area contributed by atoms with Crippen molar-refractivity contribution in [2.24, 2.45) is 0 Å². The molecule has 2 aliphatic carbocycles. The largest absolute Gasteiger partial charge is 0.391 e. The van der Waals surface area contributed by atoms with E-state index in [0.29, 0.717) is 6.04 Å². The summed E-state index contributed by atoms with van der Waals surface area (Å²) < 4.78 is 2.28. The van der Waals surface area contributed by atoms with Crippen molar-refractivity contribution in [2.45, 2.75) is 70.6 Å². The number of aryl methyl sites for hydroxylation is 1. The molecule has 110 valence electrons. The fourth-order valence-corrected chi connectivity index (χ4v) is 3.43. The van der Waals surface area contributed by atoms with E-state index in [0.717, 1.165) is 36.9 Å². The SMILES string of the molecule is Cc1cc(C(=O)NC2CCCCC2O)c(C)n1C1CC1. The quantitative estimate of drug-likeness (QED) is 0.891. The topological polar surface area (TPSA) is 54.3 Å². The van der Waals surface area contributed by atoms with Crippen molar-refractivity contribution >= 4 is 5.91 Å². The molecule has 0 aromatic carbocycles. The van der Waals surface area contributed by atoms with Crippen LogP contribution < -0.4 is 5.32 Å². The van der Waals surface area contributed by atoms with E-state index in [1.807, 2.05) is 13.0 Å². The molecule has 2 unspecified atom stereocenters. The highest BCUT2D eigenvalue weighted by Crippen LogP contribution is 2.38. The van der Waals surface area contributed by atoms with Crippen molar-refractivity contribution in [3.8, 4) is 0 Å². The number of nitrogens with one attached hydrogen (secondary N) is 1. The van der Waals surface area contributed by atoms with Gasteiger partial charge in [0.2, 0.25) is 0 Å². The maximum atomic E-state index is 12.5. The zero-order chi connectivity index (χ0) is 14.3. The van der Waals surface area contributed by atoms with E-state index in [2.05, 4.69) is 16.8 Å². The van der Waals surface area contributed by atoms with Crippen LogP contribution in [0.15, 0.2) is 6.07 Å². The van der Waals surface area contributed by atoms with Crippen LogP contribution in [0.5, 0.6) is 0 Å². The second-order valence-corrected chi connectivity index (χ2v) is 6.32. The number of aliphatic hydroxyl groups excluding tert-OH is 1. The lowest BCUT2D eigenvalue weighted by Crippen LogP contribution is -2.45. The molecule has 4 nitrogen and oxygen atoms in total. The van der Waals surface area contributed by atoms with E-state index < -0.39 is 0 Å². The highest BCUT2D eigenvalue weighted by atomic mass is 16.3. The van der Waals surface area contributed by atoms with Crippen LogP contribution in [-0.2, 0) is 0 Å². The number of amides is 1. The standard InChI is InChI=1S/C16H24N2O2/c1-10-9-13(11(2)18(10)12-7-8-12)16(20)17-14-5-3-4-6-15(14)19/h9,12,14-15,19H,3-8H2,1-2H3,(H,17,20). The first kappa shape index (κ1) is 13.7. The van der Waals surface area contributed by atoms with Crippen LogP contribution in [0.4, 0.5) is 0 Å². The zero-order valence-electron chi connectivity index (χ0n) is 12.4. The summed E-state index contributed by atoms with van der Waals surface area (Å²) in [4.78, 5) is 12.5. The van der Waals surface area contributed by atoms with Crippen LogP contribution >= 0.6 is 0 Å². The summed E-state index contributed by atoms with van der Waals surface area (Å²) in [5.74, 6) is -0.0315. The van der Waals surface area contributed by atoms with Crippen LogP contribution in [0.25, 0.3) is 0 Å². The molecule has 2 N–H and O–H groups in total. The maximum Gasteiger partial charge on any atom is 0.253 e. The van der Waals surface area contributed by atoms with Crippen molar-refractivity contribution in [3.63, 3.8) is 0 Å². The van der Waals surface area contributed by atoms with Gasteiger partial charge < -0.3 is 15.0 Å². The summed E-state index contributed by atoms with van der Waals surface area (Å²) >= 11 is 0. The Morgan fingerprint density at radius 2 is 1.95 bits per heavy atom. The number of aromatic nitrogens is 1. The van der Waals surface area contributed by atoms with Crippen LogP contribution in [0.1, 0.15) is 66.3 Å². The minimum atomic E-state index is -0.389. The van der Waals surface area contributed by atoms with Crippen molar-refractivity contribution < 1.29 is 9.90 Å². The van der Waals surface area contributed by atoms with Crippen LogP contribution in [0, 0.1) is 13.8 Å². The fourth-order valence-electron chi connectivity index (χ4n) is 3.43. The van der Waals surface area contributed by atoms with E-state index in [1.165, 1.54) is 18.5 Å². The Labute approximate surface area is 120 Å². The monoisotopic (exact) mass is 276 g/mol. The summed E-state index contributed by atoms with van der Waals surface area (Å²) in [6.07, 6.45) is 5.88. The van der Waals surface area contributed by atoms with Gasteiger partial charge in [0.15, 0.2) is 0 Å². The summed E-state index contributed by atoms with van der Waals surface area (Å²) in [6, 6.07) is 2.50. The normalized spacial score (nSPS) is 26.6. The van der Waals surface area contributed by atoms with Crippen LogP contribution in [0.3, 0.4) is 0 Å². The molecule has 3 rings (SSSR count). The number of hydrogen-bond donors (Lipinski definition) is 2. The van der Waals surface area contributed by atoms with Gasteiger partial charge in [-0.25, -0.2) is 0 Å². The lowest BCUT2D eigenvalue weighted by atomic mass is 9.92. The molecule has 2 aliphatic rings. The summed E-state index contributed by atoms with van der Waals surface area (Å²) in [5, 5.41) is 13.0. The molecule has 0 radical (unpaired) electrons. The predicted molar refractivity (Wildman–Crippen MR) is 77.9 cm³/mol. The molecule has 4 heteroatoms. The third-order valence-corrected chi connectivity index (χ3v) is 4.69. The minimum absolute atomic E-state index is 0.0315. The molecular weight excluding hydrogens is 252 g/mol. The zero-order valence-corrected chi connectivity index (χ0v) is 12.4. The van der Waals surface area contributed by atoms with Crippen molar-refractivity contribution in [3.05, 3.63) is 23.0 Å². The smallest absolute Gasteiger partial charge is 0.253 e. The van der Waals surface area contributed by atoms with Gasteiger partial charge in [0.05, 0.1) is 17.7 Å². The van der Waals surface area contributed by atoms with Gasteiger partial charge in [0.1, 0.15) is 0 Å². The highest BCUT2D eigenvalue weighted by Gasteiger charge is 2.30. The number of nitrogens with zero attached hydrogens (tertiary/aromatic N) is 1. The number of hydrogen-bond acceptors (Lipinski definition) is 2. The Kier molecular flexibility index (Phi) is 3.59. The fraction of sp³-hybridized carbons (Fsp3) is 0.688. The predicted octanol–water partition coefficient (Wildman–Crippen LogP) is 2.47. The highest BCUT2D eigenvalue weighted by molar-refractivity contribution is 5.96. The molecule has 0 bridgehead atoms. The summed E-state index contributed by atoms with van der Waals surface area (Å²) in [7, 11) is 0. The summed E-state index contributed by atoms with van der Waals surface area (Å²) in [5.41, 5.74) is 3.00. The van der Waals surface area contributed by atoms with Gasteiger partial charge in [-0.3, -0.25) is 4.79 Å². The number of rotatable bonds is 3. The molecule has 2 saturated carbocycles. The van der Waals surface area contributed by atoms with Gasteiger partial charge in [-0.1, -0.05) is 12.8 Å². The third kappa shape index (κ3) is 2.49. The summed E-state index contributed by atoms with van der Waals surface area (Å²) in [6.45, 7) is 4.09. The van der Waals surface area contributed by atoms with Gasteiger partial charge in [0.25, 0.3) is 5.91 Å². The Hall–Kier alpha value is -1.29. The third-order valence-electron chi connectivity index (χ3n) is 4.69. The van der Waals surface area contributed by atoms with Gasteiger partial charge in [-0.15, -0.1) is 0 Å². The first-order valence-electron chi connectivity index (χ1n) is 7.75. The number of aliphatic hydroxyl groups is 1. The molecule has 0 saturated heterocycles. The van der Waals surface area contributed by atoms with Crippen molar-refractivity contribution in [1.82, 2.24) is 9.88 Å². The van der Waals surface area contributed by atoms with Gasteiger partial charge in [-0.2, -0.15) is 0 Å². The first-order chi connectivity index (χ1) is 9.58. The van der Waals surface area contributed by atoms with E-state index >= 15 is 0 Å². The maximum absolute atomic E-state index is 12.5. The number of carbonyl (C=O) groups excluding carboxylic acids is 1. The van der Waals surface area contributed by atoms with Crippen molar-refractivity contribution in [2.75, 3.05) is 0 Å². The van der Waals surface area contributed by atoms with E-state index in [9.17, 15) is 9.90 Å². The average Bonchev–Trinajstić information content (AvgIpc) is 3.19. The molecule has 1 amide bonds. The Bertz CT molecular complexity index is 517. The number of carbonyl (C=O) groups is 1. The van der Waals surface area contributed by atoms with E-state index in [1.54, 1.807) is 0 Å². The molecular formula is C16H24N2O2. The molecule has 20 heavy (non-hydrogen) atoms. The van der Waals surface area contributed by atoms with Gasteiger partial charge in [0, 0.05) is 17.4 Å².